The van der Waals surface area contributed by atoms with Crippen molar-refractivity contribution in [3.8, 4) is 0 Å². The second-order valence-corrected chi connectivity index (χ2v) is 5.12. The van der Waals surface area contributed by atoms with Gasteiger partial charge in [-0.05, 0) is 32.1 Å². The standard InChI is InChI=1S/C14H22N4O/c1-17-7-2-8-18(10-9-17)11-12-3-5-13(6-4-12)14(15)16-19/h3-6,19H,2,7-11H2,1H3,(H2,15,16). The molecule has 2 rings (SSSR count). The van der Waals surface area contributed by atoms with E-state index in [0.717, 1.165) is 31.7 Å². The van der Waals surface area contributed by atoms with Gasteiger partial charge in [0.05, 0.1) is 0 Å². The Kier molecular flexibility index (Phi) is 4.76. The fraction of sp³-hybridized carbons (Fsp3) is 0.500. The van der Waals surface area contributed by atoms with Crippen molar-refractivity contribution in [3.05, 3.63) is 35.4 Å². The van der Waals surface area contributed by atoms with E-state index >= 15 is 0 Å². The third kappa shape index (κ3) is 3.94. The summed E-state index contributed by atoms with van der Waals surface area (Å²) in [6.07, 6.45) is 1.22. The molecule has 1 aromatic rings. The van der Waals surface area contributed by atoms with Gasteiger partial charge in [-0.1, -0.05) is 29.4 Å². The predicted molar refractivity (Wildman–Crippen MR) is 76.3 cm³/mol. The molecule has 0 spiro atoms. The van der Waals surface area contributed by atoms with Gasteiger partial charge in [0.15, 0.2) is 5.84 Å². The van der Waals surface area contributed by atoms with Crippen LogP contribution in [-0.2, 0) is 6.54 Å². The normalized spacial score (nSPS) is 19.3. The lowest BCUT2D eigenvalue weighted by atomic mass is 10.1. The minimum absolute atomic E-state index is 0.156. The van der Waals surface area contributed by atoms with Crippen molar-refractivity contribution in [2.45, 2.75) is 13.0 Å². The van der Waals surface area contributed by atoms with Crippen molar-refractivity contribution < 1.29 is 5.21 Å². The first-order chi connectivity index (χ1) is 9.19. The number of benzene rings is 1. The lowest BCUT2D eigenvalue weighted by molar-refractivity contribution is 0.269. The Morgan fingerprint density at radius 1 is 1.21 bits per heavy atom. The van der Waals surface area contributed by atoms with Crippen molar-refractivity contribution >= 4 is 5.84 Å². The maximum Gasteiger partial charge on any atom is 0.170 e. The Bertz CT molecular complexity index is 430. The van der Waals surface area contributed by atoms with Gasteiger partial charge in [-0.3, -0.25) is 4.90 Å². The number of amidine groups is 1. The fourth-order valence-corrected chi connectivity index (χ4v) is 2.35. The van der Waals surface area contributed by atoms with E-state index < -0.39 is 0 Å². The Balaban J connectivity index is 1.95. The first-order valence-corrected chi connectivity index (χ1v) is 6.67. The van der Waals surface area contributed by atoms with E-state index in [1.165, 1.54) is 18.5 Å². The van der Waals surface area contributed by atoms with Gasteiger partial charge >= 0.3 is 0 Å². The van der Waals surface area contributed by atoms with Crippen LogP contribution in [0.5, 0.6) is 0 Å². The summed E-state index contributed by atoms with van der Waals surface area (Å²) in [6, 6.07) is 7.88. The van der Waals surface area contributed by atoms with E-state index in [1.807, 2.05) is 24.3 Å². The molecule has 0 saturated carbocycles. The van der Waals surface area contributed by atoms with Crippen LogP contribution < -0.4 is 5.73 Å². The molecule has 0 aromatic heterocycles. The van der Waals surface area contributed by atoms with Crippen LogP contribution in [0, 0.1) is 0 Å². The summed E-state index contributed by atoms with van der Waals surface area (Å²) < 4.78 is 0. The molecular weight excluding hydrogens is 240 g/mol. The highest BCUT2D eigenvalue weighted by Crippen LogP contribution is 2.10. The van der Waals surface area contributed by atoms with E-state index in [0.29, 0.717) is 0 Å². The average molecular weight is 262 g/mol. The Morgan fingerprint density at radius 3 is 2.63 bits per heavy atom. The predicted octanol–water partition coefficient (Wildman–Crippen LogP) is 0.919. The third-order valence-electron chi connectivity index (χ3n) is 3.58. The minimum Gasteiger partial charge on any atom is -0.409 e. The first kappa shape index (κ1) is 13.8. The molecule has 1 fully saturated rings. The summed E-state index contributed by atoms with van der Waals surface area (Å²) in [5.74, 6) is 0.156. The molecular formula is C14H22N4O. The zero-order valence-corrected chi connectivity index (χ0v) is 11.4. The summed E-state index contributed by atoms with van der Waals surface area (Å²) in [6.45, 7) is 5.52. The highest BCUT2D eigenvalue weighted by atomic mass is 16.4. The van der Waals surface area contributed by atoms with E-state index in [-0.39, 0.29) is 5.84 Å². The number of nitrogens with two attached hydrogens (primary N) is 1. The molecule has 1 aliphatic rings. The molecule has 1 aromatic carbocycles. The summed E-state index contributed by atoms with van der Waals surface area (Å²) in [4.78, 5) is 4.85. The second kappa shape index (κ2) is 6.54. The van der Waals surface area contributed by atoms with Gasteiger partial charge in [0, 0.05) is 25.2 Å². The molecule has 1 heterocycles. The molecule has 0 atom stereocenters. The quantitative estimate of drug-likeness (QED) is 0.368. The zero-order chi connectivity index (χ0) is 13.7. The summed E-state index contributed by atoms with van der Waals surface area (Å²) in [5, 5.41) is 11.6. The van der Waals surface area contributed by atoms with E-state index in [9.17, 15) is 0 Å². The van der Waals surface area contributed by atoms with Crippen LogP contribution in [-0.4, -0.2) is 54.1 Å². The number of likely N-dealkylation sites (N-methyl/N-ethyl adjacent to an activating group) is 1. The van der Waals surface area contributed by atoms with Gasteiger partial charge in [0.1, 0.15) is 0 Å². The molecule has 1 aliphatic heterocycles. The molecule has 0 aliphatic carbocycles. The molecule has 0 radical (unpaired) electrons. The van der Waals surface area contributed by atoms with Gasteiger partial charge < -0.3 is 15.8 Å². The van der Waals surface area contributed by atoms with Crippen LogP contribution in [0.3, 0.4) is 0 Å². The molecule has 5 heteroatoms. The van der Waals surface area contributed by atoms with Crippen LogP contribution in [0.15, 0.2) is 29.4 Å². The van der Waals surface area contributed by atoms with Gasteiger partial charge in [-0.15, -0.1) is 0 Å². The van der Waals surface area contributed by atoms with E-state index in [2.05, 4.69) is 22.0 Å². The van der Waals surface area contributed by atoms with Gasteiger partial charge in [-0.25, -0.2) is 0 Å². The fourth-order valence-electron chi connectivity index (χ4n) is 2.35. The van der Waals surface area contributed by atoms with Gasteiger partial charge in [-0.2, -0.15) is 0 Å². The van der Waals surface area contributed by atoms with E-state index in [4.69, 9.17) is 10.9 Å². The van der Waals surface area contributed by atoms with Crippen LogP contribution in [0.25, 0.3) is 0 Å². The molecule has 19 heavy (non-hydrogen) atoms. The molecule has 0 bridgehead atoms. The molecule has 0 unspecified atom stereocenters. The van der Waals surface area contributed by atoms with Crippen molar-refractivity contribution in [3.63, 3.8) is 0 Å². The highest BCUT2D eigenvalue weighted by molar-refractivity contribution is 5.96. The Labute approximate surface area is 114 Å². The number of hydrogen-bond acceptors (Lipinski definition) is 4. The number of hydrogen-bond donors (Lipinski definition) is 2. The summed E-state index contributed by atoms with van der Waals surface area (Å²) in [5.41, 5.74) is 7.56. The van der Waals surface area contributed by atoms with Crippen molar-refractivity contribution in [1.82, 2.24) is 9.80 Å². The van der Waals surface area contributed by atoms with Crippen LogP contribution >= 0.6 is 0 Å². The minimum atomic E-state index is 0.156. The van der Waals surface area contributed by atoms with E-state index in [1.54, 1.807) is 0 Å². The Morgan fingerprint density at radius 2 is 1.95 bits per heavy atom. The highest BCUT2D eigenvalue weighted by Gasteiger charge is 2.12. The maximum atomic E-state index is 8.62. The molecule has 0 amide bonds. The lowest BCUT2D eigenvalue weighted by Crippen LogP contribution is -2.28. The van der Waals surface area contributed by atoms with Gasteiger partial charge in [0.25, 0.3) is 0 Å². The molecule has 3 N–H and O–H groups in total. The Hall–Kier alpha value is -1.59. The van der Waals surface area contributed by atoms with Crippen LogP contribution in [0.1, 0.15) is 17.5 Å². The zero-order valence-electron chi connectivity index (χ0n) is 11.4. The SMILES string of the molecule is CN1CCCN(Cc2ccc(/C(N)=N/O)cc2)CC1. The topological polar surface area (TPSA) is 65.1 Å². The molecule has 1 saturated heterocycles. The number of nitrogens with zero attached hydrogens (tertiary/aromatic N) is 3. The number of rotatable bonds is 3. The largest absolute Gasteiger partial charge is 0.409 e. The van der Waals surface area contributed by atoms with Gasteiger partial charge in [0.2, 0.25) is 0 Å². The lowest BCUT2D eigenvalue weighted by Gasteiger charge is -2.20. The summed E-state index contributed by atoms with van der Waals surface area (Å²) >= 11 is 0. The van der Waals surface area contributed by atoms with Crippen molar-refractivity contribution in [1.29, 1.82) is 0 Å². The monoisotopic (exact) mass is 262 g/mol. The first-order valence-electron chi connectivity index (χ1n) is 6.67. The van der Waals surface area contributed by atoms with Crippen LogP contribution in [0.2, 0.25) is 0 Å². The third-order valence-corrected chi connectivity index (χ3v) is 3.58. The number of oxime groups is 1. The molecule has 104 valence electrons. The second-order valence-electron chi connectivity index (χ2n) is 5.12. The van der Waals surface area contributed by atoms with Crippen LogP contribution in [0.4, 0.5) is 0 Å². The molecule has 5 nitrogen and oxygen atoms in total. The van der Waals surface area contributed by atoms with Crippen molar-refractivity contribution in [2.24, 2.45) is 10.9 Å². The maximum absolute atomic E-state index is 8.62. The smallest absolute Gasteiger partial charge is 0.170 e. The summed E-state index contributed by atoms with van der Waals surface area (Å²) in [7, 11) is 2.18. The average Bonchev–Trinajstić information content (AvgIpc) is 2.64. The van der Waals surface area contributed by atoms with Crippen molar-refractivity contribution in [2.75, 3.05) is 33.2 Å².